The highest BCUT2D eigenvalue weighted by molar-refractivity contribution is 6.04. The van der Waals surface area contributed by atoms with Gasteiger partial charge < -0.3 is 14.8 Å². The predicted octanol–water partition coefficient (Wildman–Crippen LogP) is 3.23. The second-order valence-corrected chi connectivity index (χ2v) is 8.86. The smallest absolute Gasteiger partial charge is 0.269 e. The SMILES string of the molecule is CN(C)C(=O)c1cc2c(-c3cccnc3)cc(C3=CCCN(C(=O)CCn4ccnn4)C3)cc2[nH]1. The Balaban J connectivity index is 1.47. The molecule has 0 spiro atoms. The van der Waals surface area contributed by atoms with Crippen LogP contribution in [0.1, 0.15) is 28.9 Å². The Hall–Kier alpha value is -4.27. The van der Waals surface area contributed by atoms with Gasteiger partial charge in [-0.25, -0.2) is 0 Å². The summed E-state index contributed by atoms with van der Waals surface area (Å²) in [6.45, 7) is 1.75. The van der Waals surface area contributed by atoms with Crippen molar-refractivity contribution in [3.8, 4) is 11.1 Å². The minimum absolute atomic E-state index is 0.0825. The topological polar surface area (TPSA) is 100 Å². The fourth-order valence-corrected chi connectivity index (χ4v) is 4.43. The van der Waals surface area contributed by atoms with Crippen molar-refractivity contribution in [1.82, 2.24) is 34.8 Å². The number of hydrogen-bond acceptors (Lipinski definition) is 5. The van der Waals surface area contributed by atoms with E-state index in [1.54, 1.807) is 42.3 Å². The largest absolute Gasteiger partial charge is 0.350 e. The molecule has 1 aliphatic rings. The molecule has 178 valence electrons. The minimum Gasteiger partial charge on any atom is -0.350 e. The summed E-state index contributed by atoms with van der Waals surface area (Å²) in [6.07, 6.45) is 10.3. The number of pyridine rings is 1. The fourth-order valence-electron chi connectivity index (χ4n) is 4.43. The van der Waals surface area contributed by atoms with Crippen LogP contribution in [0.3, 0.4) is 0 Å². The van der Waals surface area contributed by atoms with Gasteiger partial charge in [0, 0.05) is 68.7 Å². The van der Waals surface area contributed by atoms with Crippen molar-refractivity contribution in [2.45, 2.75) is 19.4 Å². The molecule has 0 saturated carbocycles. The quantitative estimate of drug-likeness (QED) is 0.467. The van der Waals surface area contributed by atoms with Crippen LogP contribution in [0.2, 0.25) is 0 Å². The number of aromatic nitrogens is 5. The summed E-state index contributed by atoms with van der Waals surface area (Å²) in [6, 6.07) is 10.0. The summed E-state index contributed by atoms with van der Waals surface area (Å²) < 4.78 is 1.67. The molecule has 4 heterocycles. The zero-order chi connectivity index (χ0) is 24.4. The number of fused-ring (bicyclic) bond motifs is 1. The maximum absolute atomic E-state index is 12.9. The van der Waals surface area contributed by atoms with Gasteiger partial charge in [0.1, 0.15) is 5.69 Å². The van der Waals surface area contributed by atoms with E-state index >= 15 is 0 Å². The number of rotatable bonds is 6. The Kier molecular flexibility index (Phi) is 6.13. The standard InChI is InChI=1S/C26H27N7O2/c1-31(2)26(35)24-15-22-21(18-5-3-8-27-16-18)13-20(14-23(22)29-24)19-6-4-10-32(17-19)25(34)7-11-33-12-9-28-30-33/h3,5-6,8-9,12-16,29H,4,7,10-11,17H2,1-2H3. The molecule has 0 radical (unpaired) electrons. The van der Waals surface area contributed by atoms with Gasteiger partial charge in [0.2, 0.25) is 5.91 Å². The molecule has 0 fully saturated rings. The molecule has 1 aliphatic heterocycles. The average Bonchev–Trinajstić information content (AvgIpc) is 3.56. The van der Waals surface area contributed by atoms with Crippen LogP contribution in [0.4, 0.5) is 0 Å². The summed E-state index contributed by atoms with van der Waals surface area (Å²) in [5.74, 6) is 0.0133. The van der Waals surface area contributed by atoms with E-state index in [4.69, 9.17) is 0 Å². The molecular formula is C26H27N7O2. The first-order chi connectivity index (χ1) is 17.0. The van der Waals surface area contributed by atoms with E-state index in [1.807, 2.05) is 29.3 Å². The number of aromatic amines is 1. The molecule has 1 aromatic carbocycles. The first-order valence-electron chi connectivity index (χ1n) is 11.6. The van der Waals surface area contributed by atoms with Crippen LogP contribution in [0, 0.1) is 0 Å². The van der Waals surface area contributed by atoms with Crippen LogP contribution in [0.25, 0.3) is 27.6 Å². The summed E-state index contributed by atoms with van der Waals surface area (Å²) in [5.41, 5.74) is 5.50. The lowest BCUT2D eigenvalue weighted by molar-refractivity contribution is -0.131. The van der Waals surface area contributed by atoms with Crippen molar-refractivity contribution < 1.29 is 9.59 Å². The van der Waals surface area contributed by atoms with E-state index < -0.39 is 0 Å². The van der Waals surface area contributed by atoms with Crippen molar-refractivity contribution in [2.75, 3.05) is 27.2 Å². The number of amides is 2. The number of carbonyl (C=O) groups is 2. The van der Waals surface area contributed by atoms with Gasteiger partial charge >= 0.3 is 0 Å². The van der Waals surface area contributed by atoms with Crippen LogP contribution in [0.15, 0.2) is 61.2 Å². The number of nitrogens with one attached hydrogen (secondary N) is 1. The molecule has 35 heavy (non-hydrogen) atoms. The predicted molar refractivity (Wildman–Crippen MR) is 133 cm³/mol. The van der Waals surface area contributed by atoms with Crippen LogP contribution in [-0.2, 0) is 11.3 Å². The Bertz CT molecular complexity index is 1390. The maximum atomic E-state index is 12.9. The lowest BCUT2D eigenvalue weighted by atomic mass is 9.94. The van der Waals surface area contributed by atoms with E-state index in [0.29, 0.717) is 31.7 Å². The number of benzene rings is 1. The third kappa shape index (κ3) is 4.70. The Labute approximate surface area is 203 Å². The highest BCUT2D eigenvalue weighted by atomic mass is 16.2. The fraction of sp³-hybridized carbons (Fsp3) is 0.269. The average molecular weight is 470 g/mol. The summed E-state index contributed by atoms with van der Waals surface area (Å²) in [7, 11) is 3.48. The molecule has 5 rings (SSSR count). The summed E-state index contributed by atoms with van der Waals surface area (Å²) in [5, 5.41) is 8.69. The number of H-pyrrole nitrogens is 1. The normalized spacial score (nSPS) is 13.7. The molecule has 0 bridgehead atoms. The third-order valence-electron chi connectivity index (χ3n) is 6.25. The number of aryl methyl sites for hydroxylation is 1. The van der Waals surface area contributed by atoms with Gasteiger partial charge in [-0.2, -0.15) is 0 Å². The molecule has 9 nitrogen and oxygen atoms in total. The van der Waals surface area contributed by atoms with Gasteiger partial charge in [-0.15, -0.1) is 5.10 Å². The van der Waals surface area contributed by atoms with Gasteiger partial charge in [-0.3, -0.25) is 19.3 Å². The van der Waals surface area contributed by atoms with Crippen LogP contribution in [0.5, 0.6) is 0 Å². The Morgan fingerprint density at radius 3 is 2.77 bits per heavy atom. The van der Waals surface area contributed by atoms with Crippen molar-refractivity contribution >= 4 is 28.3 Å². The van der Waals surface area contributed by atoms with Gasteiger partial charge in [-0.1, -0.05) is 17.4 Å². The highest BCUT2D eigenvalue weighted by Gasteiger charge is 2.21. The molecule has 0 atom stereocenters. The lowest BCUT2D eigenvalue weighted by Crippen LogP contribution is -2.35. The van der Waals surface area contributed by atoms with Crippen molar-refractivity contribution in [3.05, 3.63) is 72.5 Å². The van der Waals surface area contributed by atoms with Crippen LogP contribution < -0.4 is 0 Å². The van der Waals surface area contributed by atoms with E-state index in [0.717, 1.165) is 39.6 Å². The number of carbonyl (C=O) groups excluding carboxylic acids is 2. The second kappa shape index (κ2) is 9.54. The number of nitrogens with zero attached hydrogens (tertiary/aromatic N) is 6. The van der Waals surface area contributed by atoms with E-state index in [9.17, 15) is 9.59 Å². The molecule has 2 amide bonds. The van der Waals surface area contributed by atoms with E-state index in [2.05, 4.69) is 38.5 Å². The summed E-state index contributed by atoms with van der Waals surface area (Å²) >= 11 is 0. The molecule has 0 saturated heterocycles. The molecular weight excluding hydrogens is 442 g/mol. The molecule has 4 aromatic rings. The van der Waals surface area contributed by atoms with Crippen molar-refractivity contribution in [1.29, 1.82) is 0 Å². The van der Waals surface area contributed by atoms with Gasteiger partial charge in [-0.05, 0) is 47.4 Å². The minimum atomic E-state index is -0.0825. The van der Waals surface area contributed by atoms with Gasteiger partial charge in [0.05, 0.1) is 12.7 Å². The lowest BCUT2D eigenvalue weighted by Gasteiger charge is -2.28. The first kappa shape index (κ1) is 22.5. The molecule has 0 aliphatic carbocycles. The third-order valence-corrected chi connectivity index (χ3v) is 6.25. The molecule has 3 aromatic heterocycles. The van der Waals surface area contributed by atoms with Crippen molar-refractivity contribution in [2.24, 2.45) is 0 Å². The van der Waals surface area contributed by atoms with E-state index in [-0.39, 0.29) is 11.8 Å². The Morgan fingerprint density at radius 1 is 1.14 bits per heavy atom. The van der Waals surface area contributed by atoms with Crippen LogP contribution in [-0.4, -0.2) is 73.8 Å². The van der Waals surface area contributed by atoms with E-state index in [1.165, 1.54) is 0 Å². The molecule has 1 N–H and O–H groups in total. The Morgan fingerprint density at radius 2 is 2.03 bits per heavy atom. The maximum Gasteiger partial charge on any atom is 0.269 e. The zero-order valence-electron chi connectivity index (χ0n) is 19.8. The van der Waals surface area contributed by atoms with Gasteiger partial charge in [0.25, 0.3) is 5.91 Å². The molecule has 0 unspecified atom stereocenters. The molecule has 9 heteroatoms. The summed E-state index contributed by atoms with van der Waals surface area (Å²) in [4.78, 5) is 36.6. The second-order valence-electron chi connectivity index (χ2n) is 8.86. The zero-order valence-corrected chi connectivity index (χ0v) is 19.8. The van der Waals surface area contributed by atoms with Gasteiger partial charge in [0.15, 0.2) is 0 Å². The van der Waals surface area contributed by atoms with Crippen molar-refractivity contribution in [3.63, 3.8) is 0 Å². The number of hydrogen-bond donors (Lipinski definition) is 1. The first-order valence-corrected chi connectivity index (χ1v) is 11.6. The highest BCUT2D eigenvalue weighted by Crippen LogP contribution is 2.34. The van der Waals surface area contributed by atoms with Crippen LogP contribution >= 0.6 is 0 Å². The monoisotopic (exact) mass is 469 g/mol.